The van der Waals surface area contributed by atoms with Gasteiger partial charge in [-0.2, -0.15) is 0 Å². The van der Waals surface area contributed by atoms with E-state index in [4.69, 9.17) is 18.9 Å². The lowest BCUT2D eigenvalue weighted by molar-refractivity contribution is -0.131. The van der Waals surface area contributed by atoms with Gasteiger partial charge in [-0.25, -0.2) is 0 Å². The molecule has 0 heterocycles. The number of benzene rings is 4. The third-order valence-corrected chi connectivity index (χ3v) is 5.66. The molecule has 0 unspecified atom stereocenters. The zero-order chi connectivity index (χ0) is 27.5. The van der Waals surface area contributed by atoms with Gasteiger partial charge in [-0.3, -0.25) is 9.59 Å². The molecule has 0 aliphatic heterocycles. The molecule has 198 valence electrons. The maximum absolute atomic E-state index is 13.3. The van der Waals surface area contributed by atoms with Crippen molar-refractivity contribution in [3.05, 3.63) is 125 Å². The van der Waals surface area contributed by atoms with Crippen molar-refractivity contribution in [2.75, 3.05) is 6.61 Å². The maximum atomic E-state index is 13.3. The Bertz CT molecular complexity index is 1430. The van der Waals surface area contributed by atoms with Gasteiger partial charge in [0.1, 0.15) is 36.2 Å². The van der Waals surface area contributed by atoms with Gasteiger partial charge in [0, 0.05) is 24.6 Å². The van der Waals surface area contributed by atoms with E-state index < -0.39 is 5.97 Å². The second kappa shape index (κ2) is 13.6. The van der Waals surface area contributed by atoms with E-state index in [9.17, 15) is 9.59 Å². The van der Waals surface area contributed by atoms with E-state index in [0.717, 1.165) is 11.1 Å². The van der Waals surface area contributed by atoms with E-state index in [-0.39, 0.29) is 5.78 Å². The Morgan fingerprint density at radius 3 is 1.95 bits per heavy atom. The van der Waals surface area contributed by atoms with Crippen LogP contribution in [0.4, 0.5) is 0 Å². The minimum absolute atomic E-state index is 0.237. The highest BCUT2D eigenvalue weighted by Crippen LogP contribution is 2.29. The van der Waals surface area contributed by atoms with Crippen LogP contribution in [0.1, 0.15) is 40.9 Å². The Morgan fingerprint density at radius 1 is 0.692 bits per heavy atom. The molecular formula is C33H30O6. The van der Waals surface area contributed by atoms with Crippen LogP contribution < -0.4 is 18.9 Å². The van der Waals surface area contributed by atoms with Crippen LogP contribution in [0.15, 0.2) is 103 Å². The van der Waals surface area contributed by atoms with Crippen molar-refractivity contribution in [3.8, 4) is 23.0 Å². The molecule has 0 aliphatic rings. The third kappa shape index (κ3) is 8.07. The molecule has 4 aromatic rings. The van der Waals surface area contributed by atoms with Crippen LogP contribution >= 0.6 is 0 Å². The molecule has 0 radical (unpaired) electrons. The Morgan fingerprint density at radius 2 is 1.31 bits per heavy atom. The molecule has 0 spiro atoms. The lowest BCUT2D eigenvalue weighted by Crippen LogP contribution is -2.04. The van der Waals surface area contributed by atoms with Crippen LogP contribution in [0.5, 0.6) is 23.0 Å². The number of hydrogen-bond acceptors (Lipinski definition) is 6. The van der Waals surface area contributed by atoms with Crippen molar-refractivity contribution in [2.24, 2.45) is 0 Å². The summed E-state index contributed by atoms with van der Waals surface area (Å²) >= 11 is 0. The Hall–Kier alpha value is -4.84. The van der Waals surface area contributed by atoms with Crippen molar-refractivity contribution in [1.82, 2.24) is 0 Å². The fourth-order valence-electron chi connectivity index (χ4n) is 3.81. The van der Waals surface area contributed by atoms with Crippen molar-refractivity contribution in [2.45, 2.75) is 27.1 Å². The molecule has 6 nitrogen and oxygen atoms in total. The summed E-state index contributed by atoms with van der Waals surface area (Å²) in [5.74, 6) is 1.24. The predicted octanol–water partition coefficient (Wildman–Crippen LogP) is 7.06. The van der Waals surface area contributed by atoms with E-state index in [1.54, 1.807) is 42.5 Å². The van der Waals surface area contributed by atoms with Crippen molar-refractivity contribution in [1.29, 1.82) is 0 Å². The summed E-state index contributed by atoms with van der Waals surface area (Å²) in [6.45, 7) is 4.31. The van der Waals surface area contributed by atoms with Gasteiger partial charge in [-0.05, 0) is 54.5 Å². The number of ether oxygens (including phenoxy) is 4. The van der Waals surface area contributed by atoms with E-state index in [1.807, 2.05) is 67.6 Å². The summed E-state index contributed by atoms with van der Waals surface area (Å²) in [4.78, 5) is 24.6. The monoisotopic (exact) mass is 522 g/mol. The van der Waals surface area contributed by atoms with Crippen molar-refractivity contribution >= 4 is 17.8 Å². The van der Waals surface area contributed by atoms with Crippen molar-refractivity contribution in [3.63, 3.8) is 0 Å². The molecule has 0 fully saturated rings. The summed E-state index contributed by atoms with van der Waals surface area (Å²) in [6, 6.07) is 29.8. The number of rotatable bonds is 12. The van der Waals surface area contributed by atoms with Crippen LogP contribution in [0.3, 0.4) is 0 Å². The Labute approximate surface area is 228 Å². The van der Waals surface area contributed by atoms with Crippen molar-refractivity contribution < 1.29 is 28.5 Å². The molecule has 4 aromatic carbocycles. The van der Waals surface area contributed by atoms with Gasteiger partial charge in [0.15, 0.2) is 5.78 Å². The summed E-state index contributed by atoms with van der Waals surface area (Å²) in [5.41, 5.74) is 3.10. The minimum atomic E-state index is -0.421. The van der Waals surface area contributed by atoms with Gasteiger partial charge in [-0.15, -0.1) is 0 Å². The molecule has 0 aliphatic carbocycles. The average molecular weight is 523 g/mol. The SMILES string of the molecule is CCOc1cc(OC(C)=O)ccc1C=CC(=O)c1ccc(OCc2ccccc2)cc1OCc1ccccc1. The molecule has 0 N–H and O–H groups in total. The van der Waals surface area contributed by atoms with Gasteiger partial charge >= 0.3 is 5.97 Å². The Balaban J connectivity index is 1.56. The lowest BCUT2D eigenvalue weighted by atomic mass is 10.1. The first kappa shape index (κ1) is 27.2. The molecule has 0 aromatic heterocycles. The van der Waals surface area contributed by atoms with Gasteiger partial charge < -0.3 is 18.9 Å². The molecule has 0 amide bonds. The zero-order valence-corrected chi connectivity index (χ0v) is 22.0. The molecule has 4 rings (SSSR count). The normalized spacial score (nSPS) is 10.7. The summed E-state index contributed by atoms with van der Waals surface area (Å²) in [5, 5.41) is 0. The minimum Gasteiger partial charge on any atom is -0.493 e. The summed E-state index contributed by atoms with van der Waals surface area (Å²) in [6.07, 6.45) is 3.14. The standard InChI is InChI=1S/C33H30O6/c1-3-36-32-21-29(39-24(2)34)16-14-27(32)15-19-31(35)30-18-17-28(37-22-25-10-6-4-7-11-25)20-33(30)38-23-26-12-8-5-9-13-26/h4-21H,3,22-23H2,1-2H3. The van der Waals surface area contributed by atoms with Crippen LogP contribution in [0.25, 0.3) is 6.08 Å². The number of ketones is 1. The fourth-order valence-corrected chi connectivity index (χ4v) is 3.81. The molecule has 0 saturated carbocycles. The van der Waals surface area contributed by atoms with Gasteiger partial charge in [-0.1, -0.05) is 60.7 Å². The highest BCUT2D eigenvalue weighted by Gasteiger charge is 2.14. The average Bonchev–Trinajstić information content (AvgIpc) is 2.95. The molecule has 0 atom stereocenters. The largest absolute Gasteiger partial charge is 0.493 e. The molecule has 0 saturated heterocycles. The summed E-state index contributed by atoms with van der Waals surface area (Å²) < 4.78 is 22.9. The van der Waals surface area contributed by atoms with Gasteiger partial charge in [0.25, 0.3) is 0 Å². The van der Waals surface area contributed by atoms with E-state index in [1.165, 1.54) is 13.0 Å². The van der Waals surface area contributed by atoms with Gasteiger partial charge in [0.05, 0.1) is 12.2 Å². The molecule has 0 bridgehead atoms. The molecule has 39 heavy (non-hydrogen) atoms. The zero-order valence-electron chi connectivity index (χ0n) is 22.0. The molecule has 6 heteroatoms. The second-order valence-electron chi connectivity index (χ2n) is 8.63. The number of allylic oxidation sites excluding steroid dienone is 1. The van der Waals surface area contributed by atoms with E-state index in [0.29, 0.717) is 53.9 Å². The van der Waals surface area contributed by atoms with E-state index >= 15 is 0 Å². The molecular weight excluding hydrogens is 492 g/mol. The fraction of sp³-hybridized carbons (Fsp3) is 0.152. The van der Waals surface area contributed by atoms with Gasteiger partial charge in [0.2, 0.25) is 0 Å². The second-order valence-corrected chi connectivity index (χ2v) is 8.63. The quantitative estimate of drug-likeness (QED) is 0.0858. The highest BCUT2D eigenvalue weighted by atomic mass is 16.5. The lowest BCUT2D eigenvalue weighted by Gasteiger charge is -2.13. The topological polar surface area (TPSA) is 71.1 Å². The predicted molar refractivity (Wildman–Crippen MR) is 150 cm³/mol. The number of esters is 1. The van der Waals surface area contributed by atoms with Crippen LogP contribution in [0.2, 0.25) is 0 Å². The smallest absolute Gasteiger partial charge is 0.308 e. The Kier molecular flexibility index (Phi) is 9.51. The highest BCUT2D eigenvalue weighted by molar-refractivity contribution is 6.08. The third-order valence-electron chi connectivity index (χ3n) is 5.66. The van der Waals surface area contributed by atoms with Crippen LogP contribution in [-0.4, -0.2) is 18.4 Å². The summed E-state index contributed by atoms with van der Waals surface area (Å²) in [7, 11) is 0. The van der Waals surface area contributed by atoms with Crippen LogP contribution in [-0.2, 0) is 18.0 Å². The first-order chi connectivity index (χ1) is 19.0. The maximum Gasteiger partial charge on any atom is 0.308 e. The first-order valence-electron chi connectivity index (χ1n) is 12.7. The van der Waals surface area contributed by atoms with E-state index in [2.05, 4.69) is 0 Å². The first-order valence-corrected chi connectivity index (χ1v) is 12.7. The number of carbonyl (C=O) groups is 2. The number of carbonyl (C=O) groups excluding carboxylic acids is 2. The van der Waals surface area contributed by atoms with Crippen LogP contribution in [0, 0.1) is 0 Å². The number of hydrogen-bond donors (Lipinski definition) is 0.